The van der Waals surface area contributed by atoms with Gasteiger partial charge in [-0.2, -0.15) is 0 Å². The monoisotopic (exact) mass is 461 g/mol. The molecule has 1 aromatic heterocycles. The van der Waals surface area contributed by atoms with E-state index < -0.39 is 16.1 Å². The van der Waals surface area contributed by atoms with Crippen LogP contribution in [0.2, 0.25) is 0 Å². The number of hydrogen-bond donors (Lipinski definition) is 2. The summed E-state index contributed by atoms with van der Waals surface area (Å²) in [5.41, 5.74) is 0.470. The van der Waals surface area contributed by atoms with E-state index in [1.54, 1.807) is 18.2 Å². The molecule has 0 fully saturated rings. The van der Waals surface area contributed by atoms with Crippen LogP contribution in [0, 0.1) is 0 Å². The van der Waals surface area contributed by atoms with Gasteiger partial charge in [-0.15, -0.1) is 0 Å². The first-order valence-corrected chi connectivity index (χ1v) is 11.9. The van der Waals surface area contributed by atoms with E-state index in [9.17, 15) is 13.2 Å². The Labute approximate surface area is 192 Å². The standard InChI is InChI=1S/C25H23N3O4S/c1-2-23(32-21-13-10-18-7-3-4-8-19(18)17-21)25(29)27-20-11-14-22(15-12-20)33(30,31)28-24-9-5-6-16-26-24/h3-17,23H,2H2,1H3,(H,26,28)(H,27,29)/t23-/m1/s1. The fourth-order valence-corrected chi connectivity index (χ4v) is 4.30. The first kappa shape index (κ1) is 22.3. The summed E-state index contributed by atoms with van der Waals surface area (Å²) in [5.74, 6) is 0.525. The molecular formula is C25H23N3O4S. The molecule has 0 aliphatic heterocycles. The Bertz CT molecular complexity index is 1360. The maximum Gasteiger partial charge on any atom is 0.265 e. The van der Waals surface area contributed by atoms with Crippen LogP contribution in [0.15, 0.2) is 96.0 Å². The summed E-state index contributed by atoms with van der Waals surface area (Å²) in [6.07, 6.45) is 1.28. The van der Waals surface area contributed by atoms with Crippen molar-refractivity contribution >= 4 is 38.2 Å². The molecule has 4 aromatic rings. The lowest BCUT2D eigenvalue weighted by molar-refractivity contribution is -0.122. The van der Waals surface area contributed by atoms with Gasteiger partial charge in [0.15, 0.2) is 6.10 Å². The molecule has 0 spiro atoms. The number of rotatable bonds is 8. The number of carbonyl (C=O) groups is 1. The zero-order valence-electron chi connectivity index (χ0n) is 17.9. The molecule has 8 heteroatoms. The van der Waals surface area contributed by atoms with Crippen molar-refractivity contribution in [1.29, 1.82) is 0 Å². The second-order valence-corrected chi connectivity index (χ2v) is 9.04. The van der Waals surface area contributed by atoms with Gasteiger partial charge in [0.1, 0.15) is 11.6 Å². The van der Waals surface area contributed by atoms with Gasteiger partial charge >= 0.3 is 0 Å². The number of fused-ring (bicyclic) bond motifs is 1. The number of sulfonamides is 1. The SMILES string of the molecule is CC[C@@H](Oc1ccc2ccccc2c1)C(=O)Nc1ccc(S(=O)(=O)Nc2ccccn2)cc1. The van der Waals surface area contributed by atoms with E-state index in [1.807, 2.05) is 49.4 Å². The van der Waals surface area contributed by atoms with E-state index in [4.69, 9.17) is 4.74 Å². The normalized spacial score (nSPS) is 12.2. The van der Waals surface area contributed by atoms with Crippen LogP contribution >= 0.6 is 0 Å². The molecule has 1 atom stereocenters. The van der Waals surface area contributed by atoms with Crippen LogP contribution in [-0.2, 0) is 14.8 Å². The van der Waals surface area contributed by atoms with Gasteiger partial charge < -0.3 is 10.1 Å². The fourth-order valence-electron chi connectivity index (χ4n) is 3.29. The molecule has 0 aliphatic carbocycles. The third-order valence-corrected chi connectivity index (χ3v) is 6.37. The number of aromatic nitrogens is 1. The van der Waals surface area contributed by atoms with Gasteiger partial charge in [-0.3, -0.25) is 9.52 Å². The van der Waals surface area contributed by atoms with Crippen molar-refractivity contribution in [1.82, 2.24) is 4.98 Å². The summed E-state index contributed by atoms with van der Waals surface area (Å²) >= 11 is 0. The predicted octanol–water partition coefficient (Wildman–Crippen LogP) is 4.83. The summed E-state index contributed by atoms with van der Waals surface area (Å²) in [5, 5.41) is 4.91. The summed E-state index contributed by atoms with van der Waals surface area (Å²) in [6, 6.07) is 24.5. The highest BCUT2D eigenvalue weighted by Crippen LogP contribution is 2.23. The molecule has 1 amide bonds. The molecule has 0 saturated carbocycles. The lowest BCUT2D eigenvalue weighted by Gasteiger charge is -2.18. The Morgan fingerprint density at radius 2 is 1.67 bits per heavy atom. The summed E-state index contributed by atoms with van der Waals surface area (Å²) < 4.78 is 33.4. The highest BCUT2D eigenvalue weighted by Gasteiger charge is 2.20. The Morgan fingerprint density at radius 1 is 0.939 bits per heavy atom. The molecule has 7 nitrogen and oxygen atoms in total. The molecule has 2 N–H and O–H groups in total. The minimum Gasteiger partial charge on any atom is -0.481 e. The molecule has 0 saturated heterocycles. The predicted molar refractivity (Wildman–Crippen MR) is 129 cm³/mol. The molecular weight excluding hydrogens is 438 g/mol. The highest BCUT2D eigenvalue weighted by molar-refractivity contribution is 7.92. The average Bonchev–Trinajstić information content (AvgIpc) is 2.83. The zero-order chi connectivity index (χ0) is 23.3. The van der Waals surface area contributed by atoms with E-state index in [0.29, 0.717) is 17.9 Å². The quantitative estimate of drug-likeness (QED) is 0.392. The number of nitrogens with zero attached hydrogens (tertiary/aromatic N) is 1. The Balaban J connectivity index is 1.42. The van der Waals surface area contributed by atoms with Crippen LogP contribution in [0.5, 0.6) is 5.75 Å². The second kappa shape index (κ2) is 9.70. The fraction of sp³-hybridized carbons (Fsp3) is 0.120. The molecule has 3 aromatic carbocycles. The van der Waals surface area contributed by atoms with Crippen LogP contribution in [-0.4, -0.2) is 25.4 Å². The van der Waals surface area contributed by atoms with Gasteiger partial charge in [0.2, 0.25) is 0 Å². The molecule has 0 bridgehead atoms. The van der Waals surface area contributed by atoms with Crippen molar-refractivity contribution in [2.75, 3.05) is 10.0 Å². The van der Waals surface area contributed by atoms with Crippen LogP contribution < -0.4 is 14.8 Å². The Kier molecular flexibility index (Phi) is 6.55. The van der Waals surface area contributed by atoms with Gasteiger partial charge in [0.25, 0.3) is 15.9 Å². The van der Waals surface area contributed by atoms with Crippen LogP contribution in [0.3, 0.4) is 0 Å². The lowest BCUT2D eigenvalue weighted by Crippen LogP contribution is -2.32. The zero-order valence-corrected chi connectivity index (χ0v) is 18.7. The minimum absolute atomic E-state index is 0.0607. The maximum absolute atomic E-state index is 12.8. The van der Waals surface area contributed by atoms with Crippen LogP contribution in [0.4, 0.5) is 11.5 Å². The topological polar surface area (TPSA) is 97.4 Å². The number of amides is 1. The van der Waals surface area contributed by atoms with Gasteiger partial charge in [0, 0.05) is 11.9 Å². The molecule has 168 valence electrons. The number of benzene rings is 3. The molecule has 0 unspecified atom stereocenters. The number of ether oxygens (including phenoxy) is 1. The van der Waals surface area contributed by atoms with Gasteiger partial charge in [-0.1, -0.05) is 43.3 Å². The number of carbonyl (C=O) groups excluding carboxylic acids is 1. The summed E-state index contributed by atoms with van der Waals surface area (Å²) in [6.45, 7) is 1.87. The smallest absolute Gasteiger partial charge is 0.265 e. The molecule has 1 heterocycles. The van der Waals surface area contributed by atoms with E-state index in [0.717, 1.165) is 10.8 Å². The lowest BCUT2D eigenvalue weighted by atomic mass is 10.1. The Morgan fingerprint density at radius 3 is 2.36 bits per heavy atom. The number of pyridine rings is 1. The van der Waals surface area contributed by atoms with E-state index in [-0.39, 0.29) is 16.6 Å². The minimum atomic E-state index is -3.79. The third kappa shape index (κ3) is 5.48. The van der Waals surface area contributed by atoms with Crippen molar-refractivity contribution in [3.63, 3.8) is 0 Å². The molecule has 0 aliphatic rings. The van der Waals surface area contributed by atoms with Crippen LogP contribution in [0.25, 0.3) is 10.8 Å². The van der Waals surface area contributed by atoms with E-state index in [2.05, 4.69) is 15.0 Å². The van der Waals surface area contributed by atoms with Gasteiger partial charge in [-0.05, 0) is 65.7 Å². The third-order valence-electron chi connectivity index (χ3n) is 5.00. The van der Waals surface area contributed by atoms with Crippen molar-refractivity contribution in [2.45, 2.75) is 24.3 Å². The first-order valence-electron chi connectivity index (χ1n) is 10.4. The summed E-state index contributed by atoms with van der Waals surface area (Å²) in [7, 11) is -3.79. The van der Waals surface area contributed by atoms with Gasteiger partial charge in [-0.25, -0.2) is 13.4 Å². The maximum atomic E-state index is 12.8. The number of nitrogens with one attached hydrogen (secondary N) is 2. The molecule has 0 radical (unpaired) electrons. The average molecular weight is 462 g/mol. The van der Waals surface area contributed by atoms with Crippen LogP contribution in [0.1, 0.15) is 13.3 Å². The van der Waals surface area contributed by atoms with E-state index in [1.165, 1.54) is 30.5 Å². The molecule has 4 rings (SSSR count). The highest BCUT2D eigenvalue weighted by atomic mass is 32.2. The van der Waals surface area contributed by atoms with Crippen molar-refractivity contribution in [2.24, 2.45) is 0 Å². The van der Waals surface area contributed by atoms with Crippen molar-refractivity contribution in [3.05, 3.63) is 91.1 Å². The number of hydrogen-bond acceptors (Lipinski definition) is 5. The van der Waals surface area contributed by atoms with E-state index >= 15 is 0 Å². The Hall–Kier alpha value is -3.91. The van der Waals surface area contributed by atoms with Gasteiger partial charge in [0.05, 0.1) is 4.90 Å². The number of anilines is 2. The summed E-state index contributed by atoms with van der Waals surface area (Å²) in [4.78, 5) is 16.8. The van der Waals surface area contributed by atoms with Crippen molar-refractivity contribution < 1.29 is 17.9 Å². The first-order chi connectivity index (χ1) is 15.9. The molecule has 33 heavy (non-hydrogen) atoms. The largest absolute Gasteiger partial charge is 0.481 e. The van der Waals surface area contributed by atoms with Crippen molar-refractivity contribution in [3.8, 4) is 5.75 Å². The second-order valence-electron chi connectivity index (χ2n) is 7.36.